The van der Waals surface area contributed by atoms with Crippen LogP contribution in [0, 0.1) is 6.92 Å². The van der Waals surface area contributed by atoms with E-state index in [-0.39, 0.29) is 6.42 Å². The van der Waals surface area contributed by atoms with E-state index in [9.17, 15) is 9.59 Å². The molecule has 0 bridgehead atoms. The van der Waals surface area contributed by atoms with E-state index in [1.807, 2.05) is 25.1 Å². The second-order valence-corrected chi connectivity index (χ2v) is 5.87. The Morgan fingerprint density at radius 2 is 1.88 bits per heavy atom. The first-order valence-corrected chi connectivity index (χ1v) is 7.80. The number of benzene rings is 2. The van der Waals surface area contributed by atoms with Crippen molar-refractivity contribution >= 4 is 27.9 Å². The van der Waals surface area contributed by atoms with Gasteiger partial charge in [-0.2, -0.15) is 0 Å². The second kappa shape index (κ2) is 5.94. The Kier molecular flexibility index (Phi) is 3.61. The summed E-state index contributed by atoms with van der Waals surface area (Å²) in [6, 6.07) is 13.8. The van der Waals surface area contributed by atoms with Crippen molar-refractivity contribution in [2.24, 2.45) is 0 Å². The van der Waals surface area contributed by atoms with Crippen LogP contribution in [-0.4, -0.2) is 5.97 Å². The number of rotatable bonds is 3. The summed E-state index contributed by atoms with van der Waals surface area (Å²) in [4.78, 5) is 23.5. The van der Waals surface area contributed by atoms with Gasteiger partial charge < -0.3 is 13.6 Å². The van der Waals surface area contributed by atoms with Crippen molar-refractivity contribution in [1.82, 2.24) is 0 Å². The molecule has 0 N–H and O–H groups in total. The molecule has 0 aliphatic heterocycles. The van der Waals surface area contributed by atoms with E-state index < -0.39 is 11.6 Å². The maximum Gasteiger partial charge on any atom is 0.336 e. The molecule has 5 heteroatoms. The summed E-state index contributed by atoms with van der Waals surface area (Å²) in [7, 11) is 0. The lowest BCUT2D eigenvalue weighted by molar-refractivity contribution is -0.133. The minimum atomic E-state index is -0.448. The van der Waals surface area contributed by atoms with Crippen molar-refractivity contribution < 1.29 is 18.4 Å². The minimum Gasteiger partial charge on any atom is -0.464 e. The zero-order valence-corrected chi connectivity index (χ0v) is 13.4. The third kappa shape index (κ3) is 3.04. The van der Waals surface area contributed by atoms with Gasteiger partial charge in [0.25, 0.3) is 0 Å². The Labute approximate surface area is 142 Å². The first kappa shape index (κ1) is 15.2. The Balaban J connectivity index is 1.56. The lowest BCUT2D eigenvalue weighted by Gasteiger charge is -2.04. The highest BCUT2D eigenvalue weighted by Crippen LogP contribution is 2.24. The molecule has 2 heterocycles. The summed E-state index contributed by atoms with van der Waals surface area (Å²) in [6.07, 6.45) is 1.66. The van der Waals surface area contributed by atoms with E-state index >= 15 is 0 Å². The van der Waals surface area contributed by atoms with Crippen molar-refractivity contribution in [1.29, 1.82) is 0 Å². The number of esters is 1. The lowest BCUT2D eigenvalue weighted by Crippen LogP contribution is -2.11. The van der Waals surface area contributed by atoms with Gasteiger partial charge in [0.05, 0.1) is 12.7 Å². The molecule has 2 aromatic carbocycles. The Hall–Kier alpha value is -3.34. The molecule has 4 aromatic rings. The van der Waals surface area contributed by atoms with Crippen molar-refractivity contribution in [2.75, 3.05) is 0 Å². The van der Waals surface area contributed by atoms with Crippen LogP contribution in [0.15, 0.2) is 68.4 Å². The molecule has 0 atom stereocenters. The van der Waals surface area contributed by atoms with Crippen LogP contribution in [0.5, 0.6) is 5.75 Å². The van der Waals surface area contributed by atoms with Gasteiger partial charge in [0.15, 0.2) is 0 Å². The number of carbonyl (C=O) groups excluding carboxylic acids is 1. The largest absolute Gasteiger partial charge is 0.464 e. The van der Waals surface area contributed by atoms with Crippen molar-refractivity contribution in [3.63, 3.8) is 0 Å². The maximum atomic E-state index is 12.2. The van der Waals surface area contributed by atoms with Gasteiger partial charge in [0.1, 0.15) is 16.9 Å². The van der Waals surface area contributed by atoms with Gasteiger partial charge in [-0.15, -0.1) is 0 Å². The van der Waals surface area contributed by atoms with Crippen molar-refractivity contribution in [3.05, 3.63) is 76.3 Å². The average molecular weight is 334 g/mol. The second-order valence-electron chi connectivity index (χ2n) is 5.87. The Morgan fingerprint density at radius 3 is 2.76 bits per heavy atom. The van der Waals surface area contributed by atoms with Crippen LogP contribution in [0.1, 0.15) is 11.1 Å². The van der Waals surface area contributed by atoms with Gasteiger partial charge >= 0.3 is 11.6 Å². The number of hydrogen-bond donors (Lipinski definition) is 0. The number of ether oxygens (including phenoxy) is 1. The minimum absolute atomic E-state index is 0.0901. The molecule has 4 rings (SSSR count). The van der Waals surface area contributed by atoms with Gasteiger partial charge in [0, 0.05) is 28.5 Å². The third-order valence-electron chi connectivity index (χ3n) is 3.97. The lowest BCUT2D eigenvalue weighted by atomic mass is 10.1. The highest BCUT2D eigenvalue weighted by Gasteiger charge is 2.13. The van der Waals surface area contributed by atoms with Crippen molar-refractivity contribution in [2.45, 2.75) is 13.3 Å². The normalized spacial score (nSPS) is 11.1. The molecular formula is C20H14O5. The number of carbonyl (C=O) groups is 1. The molecule has 0 radical (unpaired) electrons. The zero-order chi connectivity index (χ0) is 17.4. The molecule has 0 spiro atoms. The first-order chi connectivity index (χ1) is 12.1. The molecule has 25 heavy (non-hydrogen) atoms. The highest BCUT2D eigenvalue weighted by atomic mass is 16.5. The monoisotopic (exact) mass is 334 g/mol. The van der Waals surface area contributed by atoms with E-state index in [0.717, 1.165) is 27.5 Å². The predicted molar refractivity (Wildman–Crippen MR) is 92.8 cm³/mol. The van der Waals surface area contributed by atoms with E-state index in [0.29, 0.717) is 11.3 Å². The van der Waals surface area contributed by atoms with Gasteiger partial charge in [0.2, 0.25) is 0 Å². The van der Waals surface area contributed by atoms with Gasteiger partial charge in [-0.25, -0.2) is 4.79 Å². The first-order valence-electron chi connectivity index (χ1n) is 7.80. The van der Waals surface area contributed by atoms with Gasteiger partial charge in [-0.3, -0.25) is 4.79 Å². The van der Waals surface area contributed by atoms with Crippen LogP contribution in [0.3, 0.4) is 0 Å². The molecule has 0 aliphatic carbocycles. The van der Waals surface area contributed by atoms with E-state index in [1.165, 1.54) is 12.1 Å². The fraction of sp³-hybridized carbons (Fsp3) is 0.100. The SMILES string of the molecule is Cc1ccc2c(CC(=O)Oc3ccc4ccc(=O)oc4c3)coc2c1. The molecule has 0 fully saturated rings. The molecule has 124 valence electrons. The number of furan rings is 1. The molecule has 5 nitrogen and oxygen atoms in total. The van der Waals surface area contributed by atoms with Crippen LogP contribution < -0.4 is 10.4 Å². The van der Waals surface area contributed by atoms with Crippen LogP contribution >= 0.6 is 0 Å². The van der Waals surface area contributed by atoms with Crippen LogP contribution in [-0.2, 0) is 11.2 Å². The van der Waals surface area contributed by atoms with Gasteiger partial charge in [-0.1, -0.05) is 12.1 Å². The molecule has 2 aromatic heterocycles. The number of aryl methyl sites for hydroxylation is 1. The molecule has 0 saturated carbocycles. The average Bonchev–Trinajstić information content (AvgIpc) is 2.96. The summed E-state index contributed by atoms with van der Waals surface area (Å²) in [5.74, 6) is -0.0867. The standard InChI is InChI=1S/C20H14O5/c1-12-2-6-16-14(11-23-18(16)8-12)9-20(22)24-15-5-3-13-4-7-19(21)25-17(13)10-15/h2-8,10-11H,9H2,1H3. The fourth-order valence-corrected chi connectivity index (χ4v) is 2.75. The highest BCUT2D eigenvalue weighted by molar-refractivity contribution is 5.87. The molecule has 0 aliphatic rings. The predicted octanol–water partition coefficient (Wildman–Crippen LogP) is 4.00. The number of fused-ring (bicyclic) bond motifs is 2. The van der Waals surface area contributed by atoms with E-state index in [4.69, 9.17) is 13.6 Å². The maximum absolute atomic E-state index is 12.2. The van der Waals surface area contributed by atoms with Crippen molar-refractivity contribution in [3.8, 4) is 5.75 Å². The zero-order valence-electron chi connectivity index (χ0n) is 13.4. The van der Waals surface area contributed by atoms with Crippen LogP contribution in [0.4, 0.5) is 0 Å². The summed E-state index contributed by atoms with van der Waals surface area (Å²) in [5.41, 5.74) is 2.54. The number of hydrogen-bond acceptors (Lipinski definition) is 5. The summed E-state index contributed by atoms with van der Waals surface area (Å²) < 4.78 is 16.0. The van der Waals surface area contributed by atoms with E-state index in [1.54, 1.807) is 24.5 Å². The third-order valence-corrected chi connectivity index (χ3v) is 3.97. The molecule has 0 unspecified atom stereocenters. The smallest absolute Gasteiger partial charge is 0.336 e. The van der Waals surface area contributed by atoms with Gasteiger partial charge in [-0.05, 0) is 36.8 Å². The summed E-state index contributed by atoms with van der Waals surface area (Å²) in [5, 5.41) is 1.66. The summed E-state index contributed by atoms with van der Waals surface area (Å²) in [6.45, 7) is 1.98. The summed E-state index contributed by atoms with van der Waals surface area (Å²) >= 11 is 0. The van der Waals surface area contributed by atoms with E-state index in [2.05, 4.69) is 0 Å². The van der Waals surface area contributed by atoms with Crippen LogP contribution in [0.2, 0.25) is 0 Å². The Bertz CT molecular complexity index is 1150. The molecule has 0 amide bonds. The Morgan fingerprint density at radius 1 is 1.04 bits per heavy atom. The van der Waals surface area contributed by atoms with Crippen LogP contribution in [0.25, 0.3) is 21.9 Å². The topological polar surface area (TPSA) is 69.7 Å². The quantitative estimate of drug-likeness (QED) is 0.322. The molecular weight excluding hydrogens is 320 g/mol. The fourth-order valence-electron chi connectivity index (χ4n) is 2.75. The molecule has 0 saturated heterocycles.